The highest BCUT2D eigenvalue weighted by molar-refractivity contribution is 5.91. The van der Waals surface area contributed by atoms with Crippen LogP contribution in [0.2, 0.25) is 0 Å². The second-order valence-corrected chi connectivity index (χ2v) is 4.79. The molecule has 0 radical (unpaired) electrons. The second kappa shape index (κ2) is 10.7. The summed E-state index contributed by atoms with van der Waals surface area (Å²) in [6, 6.07) is 5.39. The van der Waals surface area contributed by atoms with Crippen LogP contribution in [-0.4, -0.2) is 31.6 Å². The van der Waals surface area contributed by atoms with E-state index in [9.17, 15) is 14.5 Å². The summed E-state index contributed by atoms with van der Waals surface area (Å²) in [6.07, 6.45) is 5.65. The van der Waals surface area contributed by atoms with E-state index in [1.54, 1.807) is 36.9 Å². The molecule has 24 heavy (non-hydrogen) atoms. The monoisotopic (exact) mass is 331 g/mol. The second-order valence-electron chi connectivity index (χ2n) is 4.79. The number of amides is 2. The number of benzene rings is 1. The Hall–Kier alpha value is -3.03. The zero-order chi connectivity index (χ0) is 17.8. The van der Waals surface area contributed by atoms with Gasteiger partial charge in [0.15, 0.2) is 0 Å². The Morgan fingerprint density at radius 1 is 1.29 bits per heavy atom. The molecule has 0 aliphatic carbocycles. The molecule has 0 saturated heterocycles. The van der Waals surface area contributed by atoms with E-state index in [2.05, 4.69) is 20.9 Å². The van der Waals surface area contributed by atoms with Gasteiger partial charge in [-0.3, -0.25) is 14.6 Å². The maximum atomic E-state index is 11.4. The predicted octanol–water partition coefficient (Wildman–Crippen LogP) is 2.16. The fourth-order valence-corrected chi connectivity index (χ4v) is 1.84. The highest BCUT2D eigenvalue weighted by atomic mass is 16.3. The highest BCUT2D eigenvalue weighted by Crippen LogP contribution is 2.26. The smallest absolute Gasteiger partial charge is 0.266 e. The zero-order valence-electron chi connectivity index (χ0n) is 13.7. The lowest BCUT2D eigenvalue weighted by Crippen LogP contribution is -2.24. The Kier molecular flexibility index (Phi) is 8.44. The quantitative estimate of drug-likeness (QED) is 0.278. The summed E-state index contributed by atoms with van der Waals surface area (Å²) in [5, 5.41) is 8.06. The fourth-order valence-electron chi connectivity index (χ4n) is 1.84. The van der Waals surface area contributed by atoms with E-state index in [4.69, 9.17) is 0 Å². The van der Waals surface area contributed by atoms with Crippen molar-refractivity contribution in [1.29, 1.82) is 0 Å². The Balaban J connectivity index is 2.77. The first-order valence-corrected chi connectivity index (χ1v) is 7.52. The summed E-state index contributed by atoms with van der Waals surface area (Å²) in [5.74, 6) is -0.615. The Labute approximate surface area is 140 Å². The minimum absolute atomic E-state index is 0.00993. The minimum atomic E-state index is -0.605. The predicted molar refractivity (Wildman–Crippen MR) is 95.0 cm³/mol. The summed E-state index contributed by atoms with van der Waals surface area (Å²) < 4.78 is 0. The van der Waals surface area contributed by atoms with Crippen molar-refractivity contribution in [3.05, 3.63) is 34.7 Å². The van der Waals surface area contributed by atoms with E-state index in [1.807, 2.05) is 13.0 Å². The normalized spacial score (nSPS) is 10.8. The third-order valence-corrected chi connectivity index (χ3v) is 2.97. The number of nitrogens with one attached hydrogen (secondary N) is 3. The van der Waals surface area contributed by atoms with Crippen molar-refractivity contribution in [2.45, 2.75) is 19.8 Å². The van der Waals surface area contributed by atoms with Crippen LogP contribution in [0.25, 0.3) is 6.08 Å². The average molecular weight is 331 g/mol. The molecule has 0 aliphatic heterocycles. The van der Waals surface area contributed by atoms with Gasteiger partial charge in [0.25, 0.3) is 5.91 Å². The Bertz CT molecular complexity index is 641. The minimum Gasteiger partial charge on any atom is -0.386 e. The number of carbonyl (C=O) groups is 2. The summed E-state index contributed by atoms with van der Waals surface area (Å²) in [5.41, 5.74) is 3.98. The molecule has 1 aromatic rings. The summed E-state index contributed by atoms with van der Waals surface area (Å²) >= 11 is 0. The van der Waals surface area contributed by atoms with Crippen molar-refractivity contribution in [3.63, 3.8) is 0 Å². The first-order chi connectivity index (χ1) is 11.6. The van der Waals surface area contributed by atoms with Gasteiger partial charge in [0.2, 0.25) is 5.91 Å². The first-order valence-electron chi connectivity index (χ1n) is 7.52. The number of anilines is 1. The van der Waals surface area contributed by atoms with E-state index in [0.717, 1.165) is 17.7 Å². The van der Waals surface area contributed by atoms with Crippen LogP contribution in [0.4, 0.5) is 11.4 Å². The third kappa shape index (κ3) is 6.82. The van der Waals surface area contributed by atoms with Crippen LogP contribution in [0, 0.1) is 4.91 Å². The molecule has 128 valence electrons. The van der Waals surface area contributed by atoms with Gasteiger partial charge < -0.3 is 10.6 Å². The van der Waals surface area contributed by atoms with Crippen LogP contribution in [0.3, 0.4) is 0 Å². The molecule has 0 spiro atoms. The van der Waals surface area contributed by atoms with Gasteiger partial charge in [0.05, 0.1) is 23.2 Å². The average Bonchev–Trinajstić information content (AvgIpc) is 2.57. The molecular formula is C16H21N5O3. The zero-order valence-corrected chi connectivity index (χ0v) is 13.7. The van der Waals surface area contributed by atoms with Crippen molar-refractivity contribution in [2.24, 2.45) is 10.3 Å². The molecule has 1 rings (SSSR count). The molecule has 3 N–H and O–H groups in total. The van der Waals surface area contributed by atoms with E-state index >= 15 is 0 Å². The molecule has 0 atom stereocenters. The SMILES string of the molecule is CCCC(=O)NCC=Nc1cc(/C=C/C(=O)NN=O)ccc1NC. The molecule has 2 amide bonds. The van der Waals surface area contributed by atoms with Gasteiger partial charge in [-0.1, -0.05) is 13.0 Å². The molecule has 0 aromatic heterocycles. The topological polar surface area (TPSA) is 112 Å². The largest absolute Gasteiger partial charge is 0.386 e. The van der Waals surface area contributed by atoms with Crippen LogP contribution in [-0.2, 0) is 9.59 Å². The van der Waals surface area contributed by atoms with Gasteiger partial charge in [-0.2, -0.15) is 0 Å². The van der Waals surface area contributed by atoms with Crippen LogP contribution in [0.15, 0.2) is 34.6 Å². The maximum Gasteiger partial charge on any atom is 0.266 e. The van der Waals surface area contributed by atoms with Gasteiger partial charge in [0.1, 0.15) is 0 Å². The lowest BCUT2D eigenvalue weighted by molar-refractivity contribution is -0.120. The van der Waals surface area contributed by atoms with E-state index < -0.39 is 5.91 Å². The van der Waals surface area contributed by atoms with Crippen LogP contribution in [0.5, 0.6) is 0 Å². The van der Waals surface area contributed by atoms with Gasteiger partial charge in [-0.25, -0.2) is 5.43 Å². The standard InChI is InChI=1S/C16H21N5O3/c1-3-4-15(22)19-10-9-18-14-11-12(5-7-13(14)17-2)6-8-16(23)20-21-24/h5-9,11,17H,3-4,10H2,1-2H3,(H,19,22)(H,20,23,24)/b8-6+,18-9?. The third-order valence-electron chi connectivity index (χ3n) is 2.97. The molecule has 0 aliphatic rings. The Morgan fingerprint density at radius 3 is 2.75 bits per heavy atom. The van der Waals surface area contributed by atoms with Crippen LogP contribution >= 0.6 is 0 Å². The number of carbonyl (C=O) groups excluding carboxylic acids is 2. The van der Waals surface area contributed by atoms with Gasteiger partial charge in [0, 0.05) is 25.8 Å². The highest BCUT2D eigenvalue weighted by Gasteiger charge is 2.01. The molecule has 0 saturated carbocycles. The van der Waals surface area contributed by atoms with Crippen molar-refractivity contribution < 1.29 is 9.59 Å². The number of aliphatic imine (C=N–C) groups is 1. The molecule has 0 heterocycles. The lowest BCUT2D eigenvalue weighted by Gasteiger charge is -2.06. The van der Waals surface area contributed by atoms with Crippen molar-refractivity contribution in [1.82, 2.24) is 10.7 Å². The number of nitrogens with zero attached hydrogens (tertiary/aromatic N) is 2. The van der Waals surface area contributed by atoms with E-state index in [1.165, 1.54) is 6.08 Å². The molecule has 0 unspecified atom stereocenters. The van der Waals surface area contributed by atoms with E-state index in [0.29, 0.717) is 18.7 Å². The van der Waals surface area contributed by atoms with Gasteiger partial charge in [-0.05, 0) is 30.2 Å². The van der Waals surface area contributed by atoms with Crippen LogP contribution < -0.4 is 16.1 Å². The molecule has 8 heteroatoms. The number of nitroso groups, excluding NO2 is 1. The molecule has 0 fully saturated rings. The fraction of sp³-hybridized carbons (Fsp3) is 0.312. The summed E-state index contributed by atoms with van der Waals surface area (Å²) in [6.45, 7) is 2.28. The number of hydrogen-bond acceptors (Lipinski definition) is 6. The summed E-state index contributed by atoms with van der Waals surface area (Å²) in [7, 11) is 1.77. The Morgan fingerprint density at radius 2 is 2.08 bits per heavy atom. The van der Waals surface area contributed by atoms with Crippen molar-refractivity contribution >= 4 is 35.5 Å². The number of hydrogen-bond donors (Lipinski definition) is 3. The first kappa shape index (κ1) is 19.0. The number of rotatable bonds is 9. The summed E-state index contributed by atoms with van der Waals surface area (Å²) in [4.78, 5) is 36.8. The maximum absolute atomic E-state index is 11.4. The van der Waals surface area contributed by atoms with Crippen molar-refractivity contribution in [3.8, 4) is 0 Å². The molecule has 0 bridgehead atoms. The van der Waals surface area contributed by atoms with Gasteiger partial charge in [-0.15, -0.1) is 4.91 Å². The lowest BCUT2D eigenvalue weighted by atomic mass is 10.1. The molecule has 8 nitrogen and oxygen atoms in total. The molecule has 1 aromatic carbocycles. The molecular weight excluding hydrogens is 310 g/mol. The van der Waals surface area contributed by atoms with Crippen LogP contribution in [0.1, 0.15) is 25.3 Å². The van der Waals surface area contributed by atoms with Crippen molar-refractivity contribution in [2.75, 3.05) is 18.9 Å². The van der Waals surface area contributed by atoms with E-state index in [-0.39, 0.29) is 5.91 Å². The van der Waals surface area contributed by atoms with Gasteiger partial charge >= 0.3 is 0 Å².